The second-order valence-electron chi connectivity index (χ2n) is 4.16. The summed E-state index contributed by atoms with van der Waals surface area (Å²) < 4.78 is 16.1. The summed E-state index contributed by atoms with van der Waals surface area (Å²) in [5.74, 6) is -0.481. The Morgan fingerprint density at radius 3 is 2.27 bits per heavy atom. The molecule has 1 saturated carbocycles. The van der Waals surface area contributed by atoms with Gasteiger partial charge in [-0.15, -0.1) is 0 Å². The third kappa shape index (κ3) is 2.00. The van der Waals surface area contributed by atoms with Crippen LogP contribution in [0.5, 0.6) is 0 Å². The Bertz CT molecular complexity index is 224. The van der Waals surface area contributed by atoms with E-state index in [1.165, 1.54) is 0 Å². The molecule has 2 rings (SSSR count). The highest BCUT2D eigenvalue weighted by molar-refractivity contribution is 5.38. The van der Waals surface area contributed by atoms with Crippen LogP contribution < -0.4 is 0 Å². The average molecular weight is 216 g/mol. The zero-order valence-corrected chi connectivity index (χ0v) is 8.61. The molecule has 0 aromatic rings. The topological polar surface area (TPSA) is 65.0 Å². The van der Waals surface area contributed by atoms with Crippen molar-refractivity contribution in [3.63, 3.8) is 0 Å². The summed E-state index contributed by atoms with van der Waals surface area (Å²) in [6.45, 7) is 1.52. The molecule has 86 valence electrons. The number of carbonyl (C=O) groups excluding carboxylic acids is 1. The first-order valence-corrected chi connectivity index (χ1v) is 5.25. The fourth-order valence-electron chi connectivity index (χ4n) is 2.29. The first-order chi connectivity index (χ1) is 7.24. The Balaban J connectivity index is 1.97. The molecule has 0 aromatic carbocycles. The Morgan fingerprint density at radius 2 is 1.80 bits per heavy atom. The summed E-state index contributed by atoms with van der Waals surface area (Å²) in [6.07, 6.45) is 2.51. The molecular formula is C10H16O5. The fraction of sp³-hybridized carbons (Fsp3) is 0.900. The fourth-order valence-corrected chi connectivity index (χ4v) is 2.29. The van der Waals surface area contributed by atoms with Gasteiger partial charge in [-0.25, -0.2) is 0 Å². The first-order valence-electron chi connectivity index (χ1n) is 5.25. The SMILES string of the molecule is O=COC1(CO)CCC2(CC1)OCCO2. The summed E-state index contributed by atoms with van der Waals surface area (Å²) in [5, 5.41) is 9.24. The molecular weight excluding hydrogens is 200 g/mol. The molecule has 2 fully saturated rings. The van der Waals surface area contributed by atoms with E-state index in [1.807, 2.05) is 0 Å². The Kier molecular flexibility index (Phi) is 2.95. The van der Waals surface area contributed by atoms with Crippen molar-refractivity contribution in [2.75, 3.05) is 19.8 Å². The van der Waals surface area contributed by atoms with E-state index < -0.39 is 11.4 Å². The standard InChI is InChI=1S/C10H16O5/c11-7-9(15-8-12)1-3-10(4-2-9)13-5-6-14-10/h8,11H,1-7H2. The van der Waals surface area contributed by atoms with Gasteiger partial charge in [-0.05, 0) is 12.8 Å². The summed E-state index contributed by atoms with van der Waals surface area (Å²) in [5.41, 5.74) is -0.720. The van der Waals surface area contributed by atoms with Gasteiger partial charge in [-0.2, -0.15) is 0 Å². The van der Waals surface area contributed by atoms with Gasteiger partial charge < -0.3 is 19.3 Å². The van der Waals surface area contributed by atoms with Crippen LogP contribution in [0.2, 0.25) is 0 Å². The van der Waals surface area contributed by atoms with Crippen molar-refractivity contribution < 1.29 is 24.1 Å². The van der Waals surface area contributed by atoms with Gasteiger partial charge in [0.05, 0.1) is 19.8 Å². The summed E-state index contributed by atoms with van der Waals surface area (Å²) in [6, 6.07) is 0. The third-order valence-corrected chi connectivity index (χ3v) is 3.32. The Morgan fingerprint density at radius 1 is 1.20 bits per heavy atom. The molecule has 0 atom stereocenters. The van der Waals surface area contributed by atoms with Crippen molar-refractivity contribution in [1.82, 2.24) is 0 Å². The smallest absolute Gasteiger partial charge is 0.293 e. The van der Waals surface area contributed by atoms with Gasteiger partial charge in [0.25, 0.3) is 6.47 Å². The zero-order chi connectivity index (χ0) is 10.8. The van der Waals surface area contributed by atoms with Gasteiger partial charge in [0.2, 0.25) is 0 Å². The van der Waals surface area contributed by atoms with E-state index in [9.17, 15) is 9.90 Å². The van der Waals surface area contributed by atoms with Crippen LogP contribution >= 0.6 is 0 Å². The van der Waals surface area contributed by atoms with E-state index in [4.69, 9.17) is 14.2 Å². The van der Waals surface area contributed by atoms with Crippen LogP contribution in [0, 0.1) is 0 Å². The normalized spacial score (nSPS) is 27.8. The lowest BCUT2D eigenvalue weighted by atomic mass is 9.81. The number of hydrogen-bond donors (Lipinski definition) is 1. The van der Waals surface area contributed by atoms with E-state index in [1.54, 1.807) is 0 Å². The molecule has 5 nitrogen and oxygen atoms in total. The Hall–Kier alpha value is -0.650. The third-order valence-electron chi connectivity index (χ3n) is 3.32. The van der Waals surface area contributed by atoms with E-state index >= 15 is 0 Å². The van der Waals surface area contributed by atoms with Crippen molar-refractivity contribution in [3.8, 4) is 0 Å². The lowest BCUT2D eigenvalue weighted by molar-refractivity contribution is -0.213. The van der Waals surface area contributed by atoms with Gasteiger partial charge in [0.15, 0.2) is 5.79 Å². The van der Waals surface area contributed by atoms with Gasteiger partial charge >= 0.3 is 0 Å². The highest BCUT2D eigenvalue weighted by Gasteiger charge is 2.47. The average Bonchev–Trinajstić information content (AvgIpc) is 2.72. The molecule has 1 aliphatic carbocycles. The van der Waals surface area contributed by atoms with Crippen molar-refractivity contribution in [2.45, 2.75) is 37.1 Å². The minimum atomic E-state index is -0.720. The minimum absolute atomic E-state index is 0.137. The molecule has 1 spiro atoms. The number of aliphatic hydroxyl groups excluding tert-OH is 1. The lowest BCUT2D eigenvalue weighted by Gasteiger charge is -2.41. The largest absolute Gasteiger partial charge is 0.459 e. The second-order valence-corrected chi connectivity index (χ2v) is 4.16. The van der Waals surface area contributed by atoms with E-state index in [2.05, 4.69) is 0 Å². The van der Waals surface area contributed by atoms with Crippen LogP contribution in [-0.2, 0) is 19.0 Å². The molecule has 0 aromatic heterocycles. The molecule has 1 heterocycles. The molecule has 0 bridgehead atoms. The van der Waals surface area contributed by atoms with Crippen molar-refractivity contribution in [1.29, 1.82) is 0 Å². The predicted molar refractivity (Wildman–Crippen MR) is 50.1 cm³/mol. The van der Waals surface area contributed by atoms with Crippen LogP contribution in [0.15, 0.2) is 0 Å². The van der Waals surface area contributed by atoms with Gasteiger partial charge in [0, 0.05) is 12.8 Å². The van der Waals surface area contributed by atoms with Crippen molar-refractivity contribution in [2.24, 2.45) is 0 Å². The summed E-state index contributed by atoms with van der Waals surface area (Å²) in [4.78, 5) is 10.4. The number of ether oxygens (including phenoxy) is 3. The summed E-state index contributed by atoms with van der Waals surface area (Å²) >= 11 is 0. The molecule has 2 aliphatic rings. The molecule has 1 saturated heterocycles. The molecule has 0 unspecified atom stereocenters. The molecule has 15 heavy (non-hydrogen) atoms. The maximum Gasteiger partial charge on any atom is 0.293 e. The maximum atomic E-state index is 10.4. The van der Waals surface area contributed by atoms with Crippen LogP contribution in [0.3, 0.4) is 0 Å². The van der Waals surface area contributed by atoms with Crippen LogP contribution in [0.4, 0.5) is 0 Å². The number of aliphatic hydroxyl groups is 1. The van der Waals surface area contributed by atoms with Gasteiger partial charge in [-0.1, -0.05) is 0 Å². The molecule has 1 aliphatic heterocycles. The maximum absolute atomic E-state index is 10.4. The van der Waals surface area contributed by atoms with Crippen molar-refractivity contribution >= 4 is 6.47 Å². The highest BCUT2D eigenvalue weighted by atomic mass is 16.7. The van der Waals surface area contributed by atoms with Crippen molar-refractivity contribution in [3.05, 3.63) is 0 Å². The second kappa shape index (κ2) is 4.08. The van der Waals surface area contributed by atoms with E-state index in [0.29, 0.717) is 45.4 Å². The zero-order valence-electron chi connectivity index (χ0n) is 8.61. The predicted octanol–water partition coefficient (Wildman–Crippen LogP) is 0.208. The number of hydrogen-bond acceptors (Lipinski definition) is 5. The molecule has 0 amide bonds. The van der Waals surface area contributed by atoms with Crippen LogP contribution in [0.25, 0.3) is 0 Å². The molecule has 1 N–H and O–H groups in total. The van der Waals surface area contributed by atoms with E-state index in [0.717, 1.165) is 0 Å². The first kappa shape index (κ1) is 10.9. The molecule has 0 radical (unpaired) electrons. The summed E-state index contributed by atoms with van der Waals surface area (Å²) in [7, 11) is 0. The number of carbonyl (C=O) groups is 1. The van der Waals surface area contributed by atoms with Crippen LogP contribution in [0.1, 0.15) is 25.7 Å². The minimum Gasteiger partial charge on any atom is -0.459 e. The monoisotopic (exact) mass is 216 g/mol. The highest BCUT2D eigenvalue weighted by Crippen LogP contribution is 2.41. The van der Waals surface area contributed by atoms with Crippen LogP contribution in [-0.4, -0.2) is 42.8 Å². The number of rotatable bonds is 3. The van der Waals surface area contributed by atoms with Gasteiger partial charge in [-0.3, -0.25) is 4.79 Å². The Labute approximate surface area is 88.3 Å². The van der Waals surface area contributed by atoms with Gasteiger partial charge in [0.1, 0.15) is 5.60 Å². The molecule has 5 heteroatoms. The lowest BCUT2D eigenvalue weighted by Crippen LogP contribution is -2.47. The van der Waals surface area contributed by atoms with E-state index in [-0.39, 0.29) is 6.61 Å². The quantitative estimate of drug-likeness (QED) is 0.683.